The molecule has 1 atom stereocenters. The molecular formula is C20H19N3OS. The van der Waals surface area contributed by atoms with Crippen molar-refractivity contribution < 1.29 is 4.79 Å². The highest BCUT2D eigenvalue weighted by Crippen LogP contribution is 2.38. The van der Waals surface area contributed by atoms with Crippen LogP contribution in [-0.2, 0) is 11.3 Å². The van der Waals surface area contributed by atoms with Gasteiger partial charge in [0.25, 0.3) is 0 Å². The largest absolute Gasteiger partial charge is 0.375 e. The van der Waals surface area contributed by atoms with Crippen LogP contribution in [0.2, 0.25) is 0 Å². The van der Waals surface area contributed by atoms with E-state index in [2.05, 4.69) is 59.7 Å². The fourth-order valence-corrected chi connectivity index (χ4v) is 4.38. The van der Waals surface area contributed by atoms with Crippen molar-refractivity contribution in [3.8, 4) is 11.1 Å². The Balaban J connectivity index is 1.80. The van der Waals surface area contributed by atoms with Crippen molar-refractivity contribution in [1.82, 2.24) is 10.3 Å². The molecule has 0 saturated heterocycles. The molecule has 0 aliphatic carbocycles. The molecule has 1 aromatic heterocycles. The second-order valence-electron chi connectivity index (χ2n) is 6.34. The van der Waals surface area contributed by atoms with E-state index in [4.69, 9.17) is 5.73 Å². The predicted octanol–water partition coefficient (Wildman–Crippen LogP) is 3.85. The lowest BCUT2D eigenvalue weighted by Crippen LogP contribution is -2.21. The Morgan fingerprint density at radius 1 is 1.20 bits per heavy atom. The minimum Gasteiger partial charge on any atom is -0.375 e. The van der Waals surface area contributed by atoms with Crippen molar-refractivity contribution in [3.63, 3.8) is 0 Å². The Kier molecular flexibility index (Phi) is 4.01. The van der Waals surface area contributed by atoms with Crippen molar-refractivity contribution in [2.45, 2.75) is 25.8 Å². The molecule has 0 spiro atoms. The summed E-state index contributed by atoms with van der Waals surface area (Å²) in [4.78, 5) is 17.7. The molecule has 4 nitrogen and oxygen atoms in total. The number of amides is 1. The molecule has 1 aliphatic heterocycles. The summed E-state index contributed by atoms with van der Waals surface area (Å²) in [5.74, 6) is 0.0475. The lowest BCUT2D eigenvalue weighted by molar-refractivity contribution is -0.121. The van der Waals surface area contributed by atoms with E-state index in [1.807, 2.05) is 6.07 Å². The first-order valence-corrected chi connectivity index (χ1v) is 9.11. The maximum Gasteiger partial charge on any atom is 0.221 e. The average Bonchev–Trinajstić information content (AvgIpc) is 2.91. The molecule has 2 aromatic carbocycles. The van der Waals surface area contributed by atoms with Crippen LogP contribution in [0.3, 0.4) is 0 Å². The third-order valence-electron chi connectivity index (χ3n) is 4.65. The van der Waals surface area contributed by atoms with Crippen LogP contribution in [0.4, 0.5) is 5.13 Å². The third-order valence-corrected chi connectivity index (χ3v) is 5.69. The van der Waals surface area contributed by atoms with Gasteiger partial charge in [-0.1, -0.05) is 48.5 Å². The van der Waals surface area contributed by atoms with Crippen molar-refractivity contribution in [1.29, 1.82) is 0 Å². The van der Waals surface area contributed by atoms with Gasteiger partial charge in [0, 0.05) is 17.2 Å². The van der Waals surface area contributed by atoms with E-state index in [1.165, 1.54) is 28.0 Å². The molecule has 3 N–H and O–H groups in total. The number of nitrogens with one attached hydrogen (secondary N) is 1. The number of hydrogen-bond donors (Lipinski definition) is 2. The molecule has 0 bridgehead atoms. The molecule has 0 saturated carbocycles. The van der Waals surface area contributed by atoms with Gasteiger partial charge in [0.15, 0.2) is 5.13 Å². The number of thiazole rings is 1. The van der Waals surface area contributed by atoms with Crippen LogP contribution < -0.4 is 11.1 Å². The van der Waals surface area contributed by atoms with Gasteiger partial charge in [0.05, 0.1) is 12.2 Å². The number of fused-ring (bicyclic) bond motifs is 1. The Labute approximate surface area is 150 Å². The fraction of sp³-hybridized carbons (Fsp3) is 0.200. The summed E-state index contributed by atoms with van der Waals surface area (Å²) in [5, 5.41) is 3.48. The zero-order valence-electron chi connectivity index (χ0n) is 14.0. The summed E-state index contributed by atoms with van der Waals surface area (Å²) >= 11 is 1.49. The quantitative estimate of drug-likeness (QED) is 0.738. The van der Waals surface area contributed by atoms with Crippen LogP contribution in [-0.4, -0.2) is 10.9 Å². The van der Waals surface area contributed by atoms with Crippen molar-refractivity contribution in [2.75, 3.05) is 5.73 Å². The second-order valence-corrected chi connectivity index (χ2v) is 7.40. The van der Waals surface area contributed by atoms with Gasteiger partial charge in [-0.3, -0.25) is 4.79 Å². The number of anilines is 1. The Morgan fingerprint density at radius 2 is 2.04 bits per heavy atom. The van der Waals surface area contributed by atoms with Gasteiger partial charge in [-0.05, 0) is 29.2 Å². The van der Waals surface area contributed by atoms with Crippen LogP contribution >= 0.6 is 11.3 Å². The van der Waals surface area contributed by atoms with Gasteiger partial charge in [-0.25, -0.2) is 4.98 Å². The Morgan fingerprint density at radius 3 is 2.88 bits per heavy atom. The Hall–Kier alpha value is -2.66. The van der Waals surface area contributed by atoms with E-state index in [1.54, 1.807) is 0 Å². The maximum absolute atomic E-state index is 12.2. The molecule has 126 valence electrons. The number of nitrogens with two attached hydrogens (primary N) is 1. The summed E-state index contributed by atoms with van der Waals surface area (Å²) in [7, 11) is 0. The molecule has 4 rings (SSSR count). The number of carbonyl (C=O) groups excluding carboxylic acids is 1. The van der Waals surface area contributed by atoms with Crippen LogP contribution in [0.25, 0.3) is 11.1 Å². The van der Waals surface area contributed by atoms with Gasteiger partial charge in [0.1, 0.15) is 0 Å². The van der Waals surface area contributed by atoms with Gasteiger partial charge >= 0.3 is 0 Å². The van der Waals surface area contributed by atoms with Gasteiger partial charge in [-0.15, -0.1) is 11.3 Å². The zero-order chi connectivity index (χ0) is 17.4. The van der Waals surface area contributed by atoms with E-state index >= 15 is 0 Å². The number of nitrogens with zero attached hydrogens (tertiary/aromatic N) is 1. The van der Waals surface area contributed by atoms with Crippen molar-refractivity contribution >= 4 is 22.4 Å². The first-order chi connectivity index (χ1) is 12.1. The highest BCUT2D eigenvalue weighted by atomic mass is 32.1. The van der Waals surface area contributed by atoms with Gasteiger partial charge in [0.2, 0.25) is 5.91 Å². The molecule has 25 heavy (non-hydrogen) atoms. The van der Waals surface area contributed by atoms with Gasteiger partial charge in [-0.2, -0.15) is 0 Å². The summed E-state index contributed by atoms with van der Waals surface area (Å²) in [5.41, 5.74) is 11.6. The first-order valence-electron chi connectivity index (χ1n) is 8.29. The highest BCUT2D eigenvalue weighted by Gasteiger charge is 2.27. The van der Waals surface area contributed by atoms with Gasteiger partial charge < -0.3 is 11.1 Å². The monoisotopic (exact) mass is 349 g/mol. The van der Waals surface area contributed by atoms with Crippen LogP contribution in [0.1, 0.15) is 34.0 Å². The van der Waals surface area contributed by atoms with E-state index < -0.39 is 0 Å². The SMILES string of the molecule is Cc1ccccc1-c1cccc([C@H]2CC(=O)NCc3nc(N)sc32)c1. The van der Waals surface area contributed by atoms with Crippen LogP contribution in [0, 0.1) is 6.92 Å². The molecule has 0 radical (unpaired) electrons. The summed E-state index contributed by atoms with van der Waals surface area (Å²) in [6.07, 6.45) is 0.422. The Bertz CT molecular complexity index is 948. The number of carbonyl (C=O) groups is 1. The average molecular weight is 349 g/mol. The highest BCUT2D eigenvalue weighted by molar-refractivity contribution is 7.15. The number of hydrogen-bond acceptors (Lipinski definition) is 4. The molecule has 1 aliphatic rings. The minimum absolute atomic E-state index is 0.00346. The lowest BCUT2D eigenvalue weighted by atomic mass is 9.90. The number of rotatable bonds is 2. The van der Waals surface area contributed by atoms with Crippen molar-refractivity contribution in [2.24, 2.45) is 0 Å². The first kappa shape index (κ1) is 15.8. The van der Waals surface area contributed by atoms with Crippen molar-refractivity contribution in [3.05, 3.63) is 70.2 Å². The smallest absolute Gasteiger partial charge is 0.221 e. The van der Waals surface area contributed by atoms with E-state index in [9.17, 15) is 4.79 Å². The fourth-order valence-electron chi connectivity index (χ4n) is 3.40. The number of aromatic nitrogens is 1. The standard InChI is InChI=1S/C20H19N3OS/c1-12-5-2-3-8-15(12)13-6-4-7-14(9-13)16-10-18(24)22-11-17-19(16)25-20(21)23-17/h2-9,16H,10-11H2,1H3,(H2,21,23)(H,22,24)/t16-/m1/s1. The molecule has 2 heterocycles. The number of nitrogen functional groups attached to an aromatic ring is 1. The second kappa shape index (κ2) is 6.33. The minimum atomic E-state index is -0.00346. The topological polar surface area (TPSA) is 68.0 Å². The molecule has 3 aromatic rings. The molecule has 0 unspecified atom stereocenters. The van der Waals surface area contributed by atoms with Crippen LogP contribution in [0.5, 0.6) is 0 Å². The van der Waals surface area contributed by atoms with E-state index in [0.717, 1.165) is 16.1 Å². The number of benzene rings is 2. The third kappa shape index (κ3) is 3.03. The lowest BCUT2D eigenvalue weighted by Gasteiger charge is -2.15. The molecule has 1 amide bonds. The molecule has 0 fully saturated rings. The maximum atomic E-state index is 12.2. The molecule has 5 heteroatoms. The predicted molar refractivity (Wildman–Crippen MR) is 101 cm³/mol. The summed E-state index contributed by atoms with van der Waals surface area (Å²) in [6.45, 7) is 2.57. The van der Waals surface area contributed by atoms with E-state index in [-0.39, 0.29) is 11.8 Å². The van der Waals surface area contributed by atoms with E-state index in [0.29, 0.717) is 18.1 Å². The summed E-state index contributed by atoms with van der Waals surface area (Å²) in [6, 6.07) is 16.8. The normalized spacial score (nSPS) is 16.8. The molecular weight excluding hydrogens is 330 g/mol. The van der Waals surface area contributed by atoms with Crippen LogP contribution in [0.15, 0.2) is 48.5 Å². The summed E-state index contributed by atoms with van der Waals surface area (Å²) < 4.78 is 0. The zero-order valence-corrected chi connectivity index (χ0v) is 14.8. The number of aryl methyl sites for hydroxylation is 1.